The van der Waals surface area contributed by atoms with Crippen LogP contribution in [0.4, 0.5) is 0 Å². The average molecular weight is 312 g/mol. The van der Waals surface area contributed by atoms with Gasteiger partial charge in [0.2, 0.25) is 5.76 Å². The number of carbonyl (C=O) groups is 1. The average Bonchev–Trinajstić information content (AvgIpc) is 3.24. The Morgan fingerprint density at radius 1 is 1.22 bits per heavy atom. The highest BCUT2D eigenvalue weighted by Gasteiger charge is 2.24. The molecule has 0 saturated carbocycles. The molecule has 0 aliphatic carbocycles. The normalized spacial score (nSPS) is 13.5. The van der Waals surface area contributed by atoms with Crippen LogP contribution in [0.5, 0.6) is 0 Å². The standard InChI is InChI=1S/C17H16N2O4/c1-17(21,12-6-3-2-4-7-12)11-18-16(20)13-10-15(23-19-13)14-8-5-9-22-14/h2-10,21H,11H2,1H3,(H,18,20)/t17-/m0/s1. The van der Waals surface area contributed by atoms with Gasteiger partial charge in [-0.3, -0.25) is 4.79 Å². The van der Waals surface area contributed by atoms with E-state index in [2.05, 4.69) is 10.5 Å². The van der Waals surface area contributed by atoms with Crippen molar-refractivity contribution in [2.24, 2.45) is 0 Å². The number of aromatic nitrogens is 1. The Kier molecular flexibility index (Phi) is 3.99. The minimum Gasteiger partial charge on any atom is -0.461 e. The minimum atomic E-state index is -1.18. The quantitative estimate of drug-likeness (QED) is 0.756. The highest BCUT2D eigenvalue weighted by molar-refractivity contribution is 5.92. The van der Waals surface area contributed by atoms with Crippen LogP contribution in [0.3, 0.4) is 0 Å². The number of nitrogens with zero attached hydrogens (tertiary/aromatic N) is 1. The summed E-state index contributed by atoms with van der Waals surface area (Å²) in [7, 11) is 0. The lowest BCUT2D eigenvalue weighted by Gasteiger charge is -2.23. The van der Waals surface area contributed by atoms with Gasteiger partial charge in [0.1, 0.15) is 5.60 Å². The van der Waals surface area contributed by atoms with E-state index in [4.69, 9.17) is 8.94 Å². The number of nitrogens with one attached hydrogen (secondary N) is 1. The molecule has 0 radical (unpaired) electrons. The van der Waals surface area contributed by atoms with E-state index in [-0.39, 0.29) is 12.2 Å². The van der Waals surface area contributed by atoms with Crippen molar-refractivity contribution in [3.63, 3.8) is 0 Å². The van der Waals surface area contributed by atoms with Crippen molar-refractivity contribution >= 4 is 5.91 Å². The zero-order chi connectivity index (χ0) is 16.3. The lowest BCUT2D eigenvalue weighted by molar-refractivity contribution is 0.0524. The Labute approximate surface area is 132 Å². The molecule has 3 aromatic rings. The minimum absolute atomic E-state index is 0.0544. The van der Waals surface area contributed by atoms with Crippen LogP contribution < -0.4 is 5.32 Å². The molecule has 0 aliphatic heterocycles. The molecule has 3 rings (SSSR count). The molecule has 6 heteroatoms. The largest absolute Gasteiger partial charge is 0.461 e. The highest BCUT2D eigenvalue weighted by atomic mass is 16.5. The SMILES string of the molecule is C[C@](O)(CNC(=O)c1cc(-c2ccco2)on1)c1ccccc1. The Morgan fingerprint density at radius 3 is 2.70 bits per heavy atom. The third-order valence-corrected chi connectivity index (χ3v) is 3.50. The van der Waals surface area contributed by atoms with E-state index in [1.807, 2.05) is 18.2 Å². The van der Waals surface area contributed by atoms with Crippen molar-refractivity contribution < 1.29 is 18.8 Å². The monoisotopic (exact) mass is 312 g/mol. The van der Waals surface area contributed by atoms with Crippen LogP contribution >= 0.6 is 0 Å². The van der Waals surface area contributed by atoms with E-state index in [1.165, 1.54) is 12.3 Å². The molecule has 118 valence electrons. The molecule has 0 spiro atoms. The number of amides is 1. The molecule has 0 aliphatic rings. The fourth-order valence-corrected chi connectivity index (χ4v) is 2.16. The molecule has 1 aromatic carbocycles. The molecule has 2 heterocycles. The van der Waals surface area contributed by atoms with Gasteiger partial charge < -0.3 is 19.4 Å². The van der Waals surface area contributed by atoms with Crippen LogP contribution in [0.1, 0.15) is 23.0 Å². The molecule has 0 saturated heterocycles. The highest BCUT2D eigenvalue weighted by Crippen LogP contribution is 2.21. The second-order valence-electron chi connectivity index (χ2n) is 5.38. The topological polar surface area (TPSA) is 88.5 Å². The van der Waals surface area contributed by atoms with Gasteiger partial charge in [-0.1, -0.05) is 35.5 Å². The van der Waals surface area contributed by atoms with Crippen molar-refractivity contribution in [2.45, 2.75) is 12.5 Å². The number of furan rings is 1. The van der Waals surface area contributed by atoms with Crippen molar-refractivity contribution in [3.8, 4) is 11.5 Å². The van der Waals surface area contributed by atoms with Gasteiger partial charge in [-0.2, -0.15) is 0 Å². The van der Waals surface area contributed by atoms with Crippen LogP contribution in [0.15, 0.2) is 63.7 Å². The van der Waals surface area contributed by atoms with Gasteiger partial charge in [-0.05, 0) is 24.6 Å². The first-order chi connectivity index (χ1) is 11.1. The number of carbonyl (C=O) groups excluding carboxylic acids is 1. The molecule has 1 atom stereocenters. The first-order valence-corrected chi connectivity index (χ1v) is 7.13. The van der Waals surface area contributed by atoms with Gasteiger partial charge in [0, 0.05) is 6.07 Å². The van der Waals surface area contributed by atoms with Crippen molar-refractivity contribution in [1.82, 2.24) is 10.5 Å². The van der Waals surface area contributed by atoms with E-state index in [9.17, 15) is 9.90 Å². The zero-order valence-electron chi connectivity index (χ0n) is 12.5. The van der Waals surface area contributed by atoms with Gasteiger partial charge in [0.25, 0.3) is 5.91 Å². The summed E-state index contributed by atoms with van der Waals surface area (Å²) in [5.74, 6) is 0.436. The Morgan fingerprint density at radius 2 is 2.00 bits per heavy atom. The van der Waals surface area contributed by atoms with Crippen LogP contribution in [-0.4, -0.2) is 22.7 Å². The summed E-state index contributed by atoms with van der Waals surface area (Å²) < 4.78 is 10.3. The first-order valence-electron chi connectivity index (χ1n) is 7.13. The fraction of sp³-hybridized carbons (Fsp3) is 0.176. The summed E-state index contributed by atoms with van der Waals surface area (Å²) in [6, 6.07) is 14.1. The van der Waals surface area contributed by atoms with E-state index < -0.39 is 11.5 Å². The zero-order valence-corrected chi connectivity index (χ0v) is 12.5. The first kappa shape index (κ1) is 15.1. The smallest absolute Gasteiger partial charge is 0.273 e. The van der Waals surface area contributed by atoms with Crippen LogP contribution in [0, 0.1) is 0 Å². The summed E-state index contributed by atoms with van der Waals surface area (Å²) in [6.07, 6.45) is 1.51. The van der Waals surface area contributed by atoms with Gasteiger partial charge >= 0.3 is 0 Å². The van der Waals surface area contributed by atoms with E-state index in [1.54, 1.807) is 31.2 Å². The summed E-state index contributed by atoms with van der Waals surface area (Å²) in [5.41, 5.74) is -0.332. The number of rotatable bonds is 5. The van der Waals surface area contributed by atoms with Gasteiger partial charge in [0.05, 0.1) is 12.8 Å². The molecule has 2 N–H and O–H groups in total. The van der Waals surface area contributed by atoms with Gasteiger partial charge in [-0.15, -0.1) is 0 Å². The number of hydrogen-bond acceptors (Lipinski definition) is 5. The third kappa shape index (κ3) is 3.32. The van der Waals surface area contributed by atoms with E-state index in [0.29, 0.717) is 11.5 Å². The second kappa shape index (κ2) is 6.10. The van der Waals surface area contributed by atoms with Gasteiger partial charge in [0.15, 0.2) is 11.5 Å². The molecule has 23 heavy (non-hydrogen) atoms. The third-order valence-electron chi connectivity index (χ3n) is 3.50. The second-order valence-corrected chi connectivity index (χ2v) is 5.38. The predicted molar refractivity (Wildman–Crippen MR) is 82.6 cm³/mol. The Balaban J connectivity index is 1.66. The molecule has 6 nitrogen and oxygen atoms in total. The van der Waals surface area contributed by atoms with E-state index >= 15 is 0 Å². The Bertz CT molecular complexity index is 776. The van der Waals surface area contributed by atoms with Crippen molar-refractivity contribution in [2.75, 3.05) is 6.54 Å². The molecule has 0 unspecified atom stereocenters. The summed E-state index contributed by atoms with van der Waals surface area (Å²) in [5, 5.41) is 16.8. The summed E-state index contributed by atoms with van der Waals surface area (Å²) >= 11 is 0. The lowest BCUT2D eigenvalue weighted by Crippen LogP contribution is -2.38. The van der Waals surface area contributed by atoms with Crippen LogP contribution in [0.25, 0.3) is 11.5 Å². The lowest BCUT2D eigenvalue weighted by atomic mass is 9.96. The van der Waals surface area contributed by atoms with Crippen molar-refractivity contribution in [3.05, 3.63) is 66.1 Å². The molecule has 1 amide bonds. The molecular weight excluding hydrogens is 296 g/mol. The summed E-state index contributed by atoms with van der Waals surface area (Å²) in [4.78, 5) is 12.1. The molecular formula is C17H16N2O4. The molecule has 0 bridgehead atoms. The number of benzene rings is 1. The van der Waals surface area contributed by atoms with Crippen molar-refractivity contribution in [1.29, 1.82) is 0 Å². The fourth-order valence-electron chi connectivity index (χ4n) is 2.16. The number of aliphatic hydroxyl groups is 1. The maximum absolute atomic E-state index is 12.1. The Hall–Kier alpha value is -2.86. The maximum Gasteiger partial charge on any atom is 0.273 e. The predicted octanol–water partition coefficient (Wildman–Crippen LogP) is 2.57. The summed E-state index contributed by atoms with van der Waals surface area (Å²) in [6.45, 7) is 1.69. The van der Waals surface area contributed by atoms with Crippen LogP contribution in [-0.2, 0) is 5.60 Å². The van der Waals surface area contributed by atoms with Gasteiger partial charge in [-0.25, -0.2) is 0 Å². The van der Waals surface area contributed by atoms with Crippen LogP contribution in [0.2, 0.25) is 0 Å². The molecule has 0 fully saturated rings. The number of hydrogen-bond donors (Lipinski definition) is 2. The van der Waals surface area contributed by atoms with E-state index in [0.717, 1.165) is 5.56 Å². The maximum atomic E-state index is 12.1. The molecule has 2 aromatic heterocycles.